The molecule has 22 heavy (non-hydrogen) atoms. The van der Waals surface area contributed by atoms with Crippen molar-refractivity contribution in [2.45, 2.75) is 32.3 Å². The zero-order valence-corrected chi connectivity index (χ0v) is 13.4. The fraction of sp³-hybridized carbons (Fsp3) is 0.588. The second-order valence-corrected chi connectivity index (χ2v) is 6.48. The number of rotatable bonds is 4. The maximum absolute atomic E-state index is 10.6. The molecule has 1 aliphatic rings. The van der Waals surface area contributed by atoms with Gasteiger partial charge in [0, 0.05) is 49.0 Å². The van der Waals surface area contributed by atoms with Gasteiger partial charge >= 0.3 is 0 Å². The number of aryl methyl sites for hydroxylation is 1. The van der Waals surface area contributed by atoms with Crippen LogP contribution in [-0.2, 0) is 7.05 Å². The molecule has 0 aromatic carbocycles. The van der Waals surface area contributed by atoms with Crippen molar-refractivity contribution in [2.24, 2.45) is 12.5 Å². The van der Waals surface area contributed by atoms with Gasteiger partial charge in [-0.1, -0.05) is 13.3 Å². The number of β-amino-alcohol motifs (C(OH)–C–C–N with tert-alkyl or cyclic N) is 1. The molecule has 0 saturated carbocycles. The molecule has 0 unspecified atom stereocenters. The van der Waals surface area contributed by atoms with E-state index in [2.05, 4.69) is 22.9 Å². The first-order chi connectivity index (χ1) is 10.6. The Bertz CT molecular complexity index is 654. The van der Waals surface area contributed by atoms with Crippen LogP contribution in [0.25, 0.3) is 11.0 Å². The van der Waals surface area contributed by atoms with Crippen LogP contribution in [0.15, 0.2) is 24.5 Å². The molecule has 1 saturated heterocycles. The normalized spacial score (nSPS) is 25.8. The fourth-order valence-electron chi connectivity index (χ4n) is 3.72. The number of hydrogen-bond donors (Lipinski definition) is 2. The molecule has 120 valence electrons. The summed E-state index contributed by atoms with van der Waals surface area (Å²) in [5, 5.41) is 21.5. The number of aliphatic hydroxyl groups excluding tert-OH is 2. The summed E-state index contributed by atoms with van der Waals surface area (Å²) in [5.41, 5.74) is 1.74. The Balaban J connectivity index is 1.88. The van der Waals surface area contributed by atoms with Crippen LogP contribution in [0.4, 0.5) is 5.69 Å². The van der Waals surface area contributed by atoms with Crippen molar-refractivity contribution in [3.63, 3.8) is 0 Å². The van der Waals surface area contributed by atoms with E-state index in [0.717, 1.165) is 42.5 Å². The molecule has 0 bridgehead atoms. The molecule has 0 amide bonds. The molecule has 2 atom stereocenters. The lowest BCUT2D eigenvalue weighted by Gasteiger charge is -2.45. The Morgan fingerprint density at radius 3 is 2.91 bits per heavy atom. The van der Waals surface area contributed by atoms with Crippen molar-refractivity contribution in [3.8, 4) is 0 Å². The fourth-order valence-corrected chi connectivity index (χ4v) is 3.72. The molecule has 0 spiro atoms. The van der Waals surface area contributed by atoms with E-state index in [1.807, 2.05) is 30.1 Å². The van der Waals surface area contributed by atoms with Crippen molar-refractivity contribution in [1.29, 1.82) is 0 Å². The number of fused-ring (bicyclic) bond motifs is 1. The van der Waals surface area contributed by atoms with Crippen LogP contribution >= 0.6 is 0 Å². The molecule has 2 aromatic rings. The molecule has 2 aromatic heterocycles. The molecule has 3 heterocycles. The third-order valence-corrected chi connectivity index (χ3v) is 5.13. The Labute approximate surface area is 131 Å². The van der Waals surface area contributed by atoms with E-state index in [0.29, 0.717) is 6.54 Å². The summed E-state index contributed by atoms with van der Waals surface area (Å²) in [6.45, 7) is 3.58. The van der Waals surface area contributed by atoms with Crippen molar-refractivity contribution in [3.05, 3.63) is 24.5 Å². The highest BCUT2D eigenvalue weighted by Crippen LogP contribution is 2.38. The zero-order chi connectivity index (χ0) is 15.7. The molecule has 3 rings (SSSR count). The van der Waals surface area contributed by atoms with Gasteiger partial charge in [0.25, 0.3) is 0 Å². The SMILES string of the molecule is CCC[C@]1(CO)CCN(c2ccnc3c2ccn3C)C[C@H]1O. The van der Waals surface area contributed by atoms with Crippen LogP contribution in [0, 0.1) is 5.41 Å². The number of piperidine rings is 1. The summed E-state index contributed by atoms with van der Waals surface area (Å²) in [6, 6.07) is 4.09. The first kappa shape index (κ1) is 15.3. The van der Waals surface area contributed by atoms with Gasteiger partial charge in [0.2, 0.25) is 0 Å². The predicted molar refractivity (Wildman–Crippen MR) is 88.0 cm³/mol. The molecule has 1 fully saturated rings. The van der Waals surface area contributed by atoms with Crippen molar-refractivity contribution >= 4 is 16.7 Å². The summed E-state index contributed by atoms with van der Waals surface area (Å²) >= 11 is 0. The first-order valence-electron chi connectivity index (χ1n) is 8.05. The smallest absolute Gasteiger partial charge is 0.141 e. The van der Waals surface area contributed by atoms with Crippen LogP contribution in [0.2, 0.25) is 0 Å². The highest BCUT2D eigenvalue weighted by Gasteiger charge is 2.41. The summed E-state index contributed by atoms with van der Waals surface area (Å²) in [5.74, 6) is 0. The van der Waals surface area contributed by atoms with E-state index in [-0.39, 0.29) is 12.0 Å². The predicted octanol–water partition coefficient (Wildman–Crippen LogP) is 1.92. The van der Waals surface area contributed by atoms with Crippen molar-refractivity contribution in [1.82, 2.24) is 9.55 Å². The van der Waals surface area contributed by atoms with Gasteiger partial charge in [0.15, 0.2) is 0 Å². The minimum Gasteiger partial charge on any atom is -0.396 e. The third-order valence-electron chi connectivity index (χ3n) is 5.13. The topological polar surface area (TPSA) is 61.5 Å². The van der Waals surface area contributed by atoms with Gasteiger partial charge in [-0.2, -0.15) is 0 Å². The number of aromatic nitrogens is 2. The highest BCUT2D eigenvalue weighted by molar-refractivity contribution is 5.90. The molecular formula is C17H25N3O2. The van der Waals surface area contributed by atoms with Gasteiger partial charge in [0.1, 0.15) is 5.65 Å². The lowest BCUT2D eigenvalue weighted by molar-refractivity contribution is -0.0370. The van der Waals surface area contributed by atoms with Gasteiger partial charge in [-0.15, -0.1) is 0 Å². The maximum Gasteiger partial charge on any atom is 0.141 e. The average molecular weight is 303 g/mol. The zero-order valence-electron chi connectivity index (χ0n) is 13.4. The van der Waals surface area contributed by atoms with E-state index < -0.39 is 6.10 Å². The van der Waals surface area contributed by atoms with Gasteiger partial charge in [-0.3, -0.25) is 0 Å². The lowest BCUT2D eigenvalue weighted by atomic mass is 9.73. The van der Waals surface area contributed by atoms with Crippen LogP contribution < -0.4 is 4.90 Å². The van der Waals surface area contributed by atoms with Gasteiger partial charge in [0.05, 0.1) is 12.7 Å². The first-order valence-corrected chi connectivity index (χ1v) is 8.05. The Kier molecular flexibility index (Phi) is 4.10. The Morgan fingerprint density at radius 1 is 1.41 bits per heavy atom. The molecule has 0 radical (unpaired) electrons. The lowest BCUT2D eigenvalue weighted by Crippen LogP contribution is -2.52. The Hall–Kier alpha value is -1.59. The van der Waals surface area contributed by atoms with E-state index >= 15 is 0 Å². The average Bonchev–Trinajstić information content (AvgIpc) is 2.91. The maximum atomic E-state index is 10.6. The number of aliphatic hydroxyl groups is 2. The van der Waals surface area contributed by atoms with Crippen LogP contribution in [-0.4, -0.2) is 45.6 Å². The Morgan fingerprint density at radius 2 is 2.23 bits per heavy atom. The molecular weight excluding hydrogens is 278 g/mol. The quantitative estimate of drug-likeness (QED) is 0.906. The molecule has 5 nitrogen and oxygen atoms in total. The molecule has 0 aliphatic carbocycles. The largest absolute Gasteiger partial charge is 0.396 e. The molecule has 2 N–H and O–H groups in total. The molecule has 1 aliphatic heterocycles. The number of hydrogen-bond acceptors (Lipinski definition) is 4. The second kappa shape index (κ2) is 5.89. The standard InChI is InChI=1S/C17H25N3O2/c1-3-6-17(12-21)7-10-20(11-15(17)22)14-4-8-18-16-13(14)5-9-19(16)2/h4-5,8-9,15,21-22H,3,6-7,10-12H2,1-2H3/t15-,17-/m1/s1. The highest BCUT2D eigenvalue weighted by atomic mass is 16.3. The summed E-state index contributed by atoms with van der Waals surface area (Å²) in [7, 11) is 1.99. The van der Waals surface area contributed by atoms with Crippen LogP contribution in [0.1, 0.15) is 26.2 Å². The van der Waals surface area contributed by atoms with E-state index in [1.165, 1.54) is 0 Å². The summed E-state index contributed by atoms with van der Waals surface area (Å²) in [6.07, 6.45) is 6.00. The number of nitrogens with zero attached hydrogens (tertiary/aromatic N) is 3. The minimum atomic E-state index is -0.502. The van der Waals surface area contributed by atoms with Gasteiger partial charge in [-0.25, -0.2) is 4.98 Å². The second-order valence-electron chi connectivity index (χ2n) is 6.48. The van der Waals surface area contributed by atoms with Gasteiger partial charge in [-0.05, 0) is 25.0 Å². The monoisotopic (exact) mass is 303 g/mol. The summed E-state index contributed by atoms with van der Waals surface area (Å²) in [4.78, 5) is 6.64. The third kappa shape index (κ3) is 2.38. The van der Waals surface area contributed by atoms with Crippen LogP contribution in [0.5, 0.6) is 0 Å². The minimum absolute atomic E-state index is 0.0624. The van der Waals surface area contributed by atoms with Crippen molar-refractivity contribution in [2.75, 3.05) is 24.6 Å². The van der Waals surface area contributed by atoms with E-state index in [1.54, 1.807) is 0 Å². The summed E-state index contributed by atoms with van der Waals surface area (Å²) < 4.78 is 2.01. The number of pyridine rings is 1. The van der Waals surface area contributed by atoms with Crippen LogP contribution in [0.3, 0.4) is 0 Å². The van der Waals surface area contributed by atoms with Gasteiger partial charge < -0.3 is 19.7 Å². The van der Waals surface area contributed by atoms with Crippen molar-refractivity contribution < 1.29 is 10.2 Å². The van der Waals surface area contributed by atoms with E-state index in [4.69, 9.17) is 0 Å². The molecule has 5 heteroatoms. The van der Waals surface area contributed by atoms with E-state index in [9.17, 15) is 10.2 Å². The number of anilines is 1.